The van der Waals surface area contributed by atoms with Crippen LogP contribution < -0.4 is 9.88 Å². The Kier molecular flexibility index (Phi) is 4.66. The molecule has 0 aliphatic heterocycles. The van der Waals surface area contributed by atoms with E-state index < -0.39 is 22.0 Å². The number of aromatic nitrogens is 3. The molecule has 142 valence electrons. The molecule has 0 unspecified atom stereocenters. The zero-order chi connectivity index (χ0) is 19.8. The van der Waals surface area contributed by atoms with Crippen LogP contribution in [-0.4, -0.2) is 30.3 Å². The fourth-order valence-corrected chi connectivity index (χ4v) is 2.83. The summed E-state index contributed by atoms with van der Waals surface area (Å²) in [6.07, 6.45) is -4.74. The first-order valence-electron chi connectivity index (χ1n) is 7.41. The number of ether oxygens (including phenoxy) is 1. The number of hydrogen-bond donors (Lipinski definition) is 1. The van der Waals surface area contributed by atoms with E-state index in [9.17, 15) is 21.6 Å². The summed E-state index contributed by atoms with van der Waals surface area (Å²) >= 11 is 0. The number of sulfonamides is 1. The van der Waals surface area contributed by atoms with Gasteiger partial charge in [-0.2, -0.15) is 13.2 Å². The van der Waals surface area contributed by atoms with E-state index in [4.69, 9.17) is 9.88 Å². The smallest absolute Gasteiger partial charge is 0.453 e. The first kappa shape index (κ1) is 18.9. The van der Waals surface area contributed by atoms with E-state index in [0.717, 1.165) is 4.68 Å². The molecule has 0 atom stereocenters. The van der Waals surface area contributed by atoms with E-state index in [-0.39, 0.29) is 16.4 Å². The van der Waals surface area contributed by atoms with Gasteiger partial charge in [-0.3, -0.25) is 0 Å². The number of hydrogen-bond acceptors (Lipinski definition) is 5. The number of halogens is 3. The Morgan fingerprint density at radius 1 is 1.04 bits per heavy atom. The number of primary sulfonamides is 1. The standard InChI is InChI=1S/C16H13F3N4O3S/c1-26-12-6-2-10(3-7-12)14-21-15(16(17,18)19)22-23(14)11-4-8-13(9-5-11)27(20,24)25/h2-9H,1H3,(H2,20,24,25). The van der Waals surface area contributed by atoms with Crippen LogP contribution >= 0.6 is 0 Å². The number of rotatable bonds is 4. The van der Waals surface area contributed by atoms with E-state index in [1.165, 1.54) is 43.5 Å². The molecule has 1 heterocycles. The summed E-state index contributed by atoms with van der Waals surface area (Å²) in [5, 5.41) is 8.56. The van der Waals surface area contributed by atoms with E-state index >= 15 is 0 Å². The van der Waals surface area contributed by atoms with Crippen molar-refractivity contribution >= 4 is 10.0 Å². The highest BCUT2D eigenvalue weighted by molar-refractivity contribution is 7.89. The highest BCUT2D eigenvalue weighted by atomic mass is 32.2. The van der Waals surface area contributed by atoms with Gasteiger partial charge in [-0.1, -0.05) is 0 Å². The van der Waals surface area contributed by atoms with E-state index in [0.29, 0.717) is 11.3 Å². The summed E-state index contributed by atoms with van der Waals surface area (Å²) in [5.74, 6) is -0.851. The molecular weight excluding hydrogens is 385 g/mol. The fraction of sp³-hybridized carbons (Fsp3) is 0.125. The minimum atomic E-state index is -4.74. The summed E-state index contributed by atoms with van der Waals surface area (Å²) < 4.78 is 68.0. The maximum atomic E-state index is 13.1. The van der Waals surface area contributed by atoms with E-state index in [2.05, 4.69) is 10.1 Å². The predicted octanol–water partition coefficient (Wildman–Crippen LogP) is 2.61. The third-order valence-corrected chi connectivity index (χ3v) is 4.55. The number of benzene rings is 2. The number of nitrogens with two attached hydrogens (primary N) is 1. The van der Waals surface area contributed by atoms with Gasteiger partial charge in [0.25, 0.3) is 5.82 Å². The van der Waals surface area contributed by atoms with Crippen molar-refractivity contribution in [2.24, 2.45) is 5.14 Å². The number of methoxy groups -OCH3 is 1. The summed E-state index contributed by atoms with van der Waals surface area (Å²) in [6, 6.07) is 11.2. The molecule has 0 saturated heterocycles. The largest absolute Gasteiger partial charge is 0.497 e. The Labute approximate surface area is 152 Å². The normalized spacial score (nSPS) is 12.2. The van der Waals surface area contributed by atoms with Gasteiger partial charge in [-0.15, -0.1) is 5.10 Å². The lowest BCUT2D eigenvalue weighted by Crippen LogP contribution is -2.12. The van der Waals surface area contributed by atoms with Crippen LogP contribution in [0.1, 0.15) is 5.82 Å². The summed E-state index contributed by atoms with van der Waals surface area (Å²) in [5.41, 5.74) is 0.561. The van der Waals surface area contributed by atoms with Crippen molar-refractivity contribution in [2.45, 2.75) is 11.1 Å². The molecule has 0 aliphatic rings. The zero-order valence-electron chi connectivity index (χ0n) is 13.8. The van der Waals surface area contributed by atoms with Crippen molar-refractivity contribution < 1.29 is 26.3 Å². The summed E-state index contributed by atoms with van der Waals surface area (Å²) in [4.78, 5) is 3.43. The fourth-order valence-electron chi connectivity index (χ4n) is 2.32. The number of nitrogens with zero attached hydrogens (tertiary/aromatic N) is 3. The molecule has 0 fully saturated rings. The quantitative estimate of drug-likeness (QED) is 0.728. The van der Waals surface area contributed by atoms with Crippen molar-refractivity contribution in [3.05, 3.63) is 54.4 Å². The van der Waals surface area contributed by atoms with Crippen molar-refractivity contribution in [3.63, 3.8) is 0 Å². The molecule has 0 aliphatic carbocycles. The molecule has 2 aromatic carbocycles. The monoisotopic (exact) mass is 398 g/mol. The van der Waals surface area contributed by atoms with Gasteiger partial charge in [0.15, 0.2) is 5.82 Å². The Bertz CT molecular complexity index is 1060. The second-order valence-electron chi connectivity index (χ2n) is 5.44. The maximum absolute atomic E-state index is 13.1. The molecule has 27 heavy (non-hydrogen) atoms. The van der Waals surface area contributed by atoms with Gasteiger partial charge in [0.1, 0.15) is 5.75 Å². The Balaban J connectivity index is 2.14. The minimum absolute atomic E-state index is 0.0617. The van der Waals surface area contributed by atoms with Crippen LogP contribution in [0.15, 0.2) is 53.4 Å². The zero-order valence-corrected chi connectivity index (χ0v) is 14.6. The van der Waals surface area contributed by atoms with Crippen LogP contribution in [0.5, 0.6) is 5.75 Å². The molecule has 2 N–H and O–H groups in total. The average molecular weight is 398 g/mol. The molecule has 3 rings (SSSR count). The molecule has 7 nitrogen and oxygen atoms in total. The molecule has 11 heteroatoms. The molecule has 0 spiro atoms. The van der Waals surface area contributed by atoms with Gasteiger partial charge < -0.3 is 4.74 Å². The van der Waals surface area contributed by atoms with Crippen LogP contribution in [0.4, 0.5) is 13.2 Å². The Morgan fingerprint density at radius 2 is 1.63 bits per heavy atom. The topological polar surface area (TPSA) is 100 Å². The van der Waals surface area contributed by atoms with Gasteiger partial charge in [0.2, 0.25) is 10.0 Å². The third kappa shape index (κ3) is 3.93. The SMILES string of the molecule is COc1ccc(-c2nc(C(F)(F)F)nn2-c2ccc(S(N)(=O)=O)cc2)cc1. The molecule has 0 radical (unpaired) electrons. The lowest BCUT2D eigenvalue weighted by molar-refractivity contribution is -0.144. The Morgan fingerprint density at radius 3 is 2.11 bits per heavy atom. The summed E-state index contributed by atoms with van der Waals surface area (Å²) in [7, 11) is -2.46. The van der Waals surface area contributed by atoms with Gasteiger partial charge in [0.05, 0.1) is 17.7 Å². The first-order valence-corrected chi connectivity index (χ1v) is 8.96. The second-order valence-corrected chi connectivity index (χ2v) is 7.00. The molecule has 0 amide bonds. The lowest BCUT2D eigenvalue weighted by atomic mass is 10.2. The lowest BCUT2D eigenvalue weighted by Gasteiger charge is -2.07. The predicted molar refractivity (Wildman–Crippen MR) is 89.7 cm³/mol. The van der Waals surface area contributed by atoms with Crippen LogP contribution in [0.2, 0.25) is 0 Å². The third-order valence-electron chi connectivity index (χ3n) is 3.62. The highest BCUT2D eigenvalue weighted by Gasteiger charge is 2.37. The number of alkyl halides is 3. The van der Waals surface area contributed by atoms with Crippen molar-refractivity contribution in [3.8, 4) is 22.8 Å². The van der Waals surface area contributed by atoms with Crippen LogP contribution in [0, 0.1) is 0 Å². The van der Waals surface area contributed by atoms with E-state index in [1.807, 2.05) is 0 Å². The average Bonchev–Trinajstić information content (AvgIpc) is 3.07. The van der Waals surface area contributed by atoms with Crippen molar-refractivity contribution in [1.82, 2.24) is 14.8 Å². The van der Waals surface area contributed by atoms with Gasteiger partial charge >= 0.3 is 6.18 Å². The Hall–Kier alpha value is -2.92. The van der Waals surface area contributed by atoms with Crippen LogP contribution in [0.3, 0.4) is 0 Å². The maximum Gasteiger partial charge on any atom is 0.453 e. The van der Waals surface area contributed by atoms with Crippen molar-refractivity contribution in [1.29, 1.82) is 0 Å². The molecular formula is C16H13F3N4O3S. The molecule has 0 saturated carbocycles. The van der Waals surface area contributed by atoms with Crippen LogP contribution in [0.25, 0.3) is 17.1 Å². The van der Waals surface area contributed by atoms with Gasteiger partial charge in [-0.05, 0) is 48.5 Å². The van der Waals surface area contributed by atoms with Crippen LogP contribution in [-0.2, 0) is 16.2 Å². The first-order chi connectivity index (χ1) is 12.6. The molecule has 3 aromatic rings. The minimum Gasteiger partial charge on any atom is -0.497 e. The van der Waals surface area contributed by atoms with Gasteiger partial charge in [-0.25, -0.2) is 23.2 Å². The molecule has 1 aromatic heterocycles. The summed E-state index contributed by atoms with van der Waals surface area (Å²) in [6.45, 7) is 0. The highest BCUT2D eigenvalue weighted by Crippen LogP contribution is 2.31. The second kappa shape index (κ2) is 6.67. The molecule has 0 bridgehead atoms. The van der Waals surface area contributed by atoms with Crippen molar-refractivity contribution in [2.75, 3.05) is 7.11 Å². The van der Waals surface area contributed by atoms with E-state index in [1.54, 1.807) is 12.1 Å². The van der Waals surface area contributed by atoms with Gasteiger partial charge in [0, 0.05) is 5.56 Å².